The number of hydrogen-bond donors (Lipinski definition) is 0. The predicted octanol–water partition coefficient (Wildman–Crippen LogP) is 6.96. The van der Waals surface area contributed by atoms with Gasteiger partial charge in [-0.3, -0.25) is 0 Å². The third-order valence-corrected chi connectivity index (χ3v) is 6.78. The van der Waals surface area contributed by atoms with Crippen LogP contribution in [-0.2, 0) is 19.0 Å². The lowest BCUT2D eigenvalue weighted by Gasteiger charge is -2.26. The molecule has 4 atom stereocenters. The second kappa shape index (κ2) is 15.9. The predicted molar refractivity (Wildman–Crippen MR) is 122 cm³/mol. The molecular formula is C26H46O4. The number of methoxy groups -OCH3 is 1. The van der Waals surface area contributed by atoms with Crippen LogP contribution in [0.2, 0.25) is 0 Å². The van der Waals surface area contributed by atoms with Crippen LogP contribution in [0.1, 0.15) is 110 Å². The lowest BCUT2D eigenvalue weighted by Crippen LogP contribution is -2.33. The largest absolute Gasteiger partial charge is 0.467 e. The van der Waals surface area contributed by atoms with Gasteiger partial charge >= 0.3 is 5.97 Å². The molecule has 0 spiro atoms. The van der Waals surface area contributed by atoms with E-state index in [2.05, 4.69) is 19.1 Å². The Bertz CT molecular complexity index is 470. The Morgan fingerprint density at radius 2 is 1.90 bits per heavy atom. The van der Waals surface area contributed by atoms with E-state index in [1.807, 2.05) is 0 Å². The van der Waals surface area contributed by atoms with Crippen molar-refractivity contribution in [3.63, 3.8) is 0 Å². The lowest BCUT2D eigenvalue weighted by atomic mass is 9.90. The first-order valence-electron chi connectivity index (χ1n) is 12.8. The van der Waals surface area contributed by atoms with Gasteiger partial charge in [0, 0.05) is 6.61 Å². The maximum Gasteiger partial charge on any atom is 0.335 e. The van der Waals surface area contributed by atoms with Crippen molar-refractivity contribution in [2.45, 2.75) is 122 Å². The third-order valence-electron chi connectivity index (χ3n) is 6.78. The molecule has 0 N–H and O–H groups in total. The number of carbonyl (C=O) groups is 1. The molecule has 2 aliphatic rings. The summed E-state index contributed by atoms with van der Waals surface area (Å²) in [6, 6.07) is 0. The van der Waals surface area contributed by atoms with E-state index in [1.54, 1.807) is 0 Å². The average Bonchev–Trinajstić information content (AvgIpc) is 3.22. The molecule has 1 aliphatic heterocycles. The summed E-state index contributed by atoms with van der Waals surface area (Å²) in [6.07, 6.45) is 23.6. The van der Waals surface area contributed by atoms with Crippen molar-refractivity contribution in [3.8, 4) is 0 Å². The molecule has 0 amide bonds. The van der Waals surface area contributed by atoms with Crippen molar-refractivity contribution in [2.24, 2.45) is 11.8 Å². The zero-order valence-corrected chi connectivity index (χ0v) is 19.6. The van der Waals surface area contributed by atoms with Crippen LogP contribution in [0.3, 0.4) is 0 Å². The standard InChI is InChI=1S/C26H46O4/c1-3-4-5-6-7-9-15-22-17-14-18-23(22)16-10-8-11-19-24(26(27)28-2)30-25-20-12-13-21-29-25/h9,15,22-25H,3-8,10-14,16-21H2,1-2H3/t22-,23-,24?,25?/m0/s1. The van der Waals surface area contributed by atoms with Crippen molar-refractivity contribution in [2.75, 3.05) is 13.7 Å². The molecule has 1 aliphatic carbocycles. The molecule has 0 aromatic heterocycles. The Morgan fingerprint density at radius 3 is 2.67 bits per heavy atom. The molecule has 0 aromatic rings. The fourth-order valence-corrected chi connectivity index (χ4v) is 4.92. The van der Waals surface area contributed by atoms with Crippen molar-refractivity contribution in [3.05, 3.63) is 12.2 Å². The minimum absolute atomic E-state index is 0.240. The summed E-state index contributed by atoms with van der Waals surface area (Å²) in [4.78, 5) is 12.1. The number of allylic oxidation sites excluding steroid dienone is 2. The second-order valence-corrected chi connectivity index (χ2v) is 9.21. The molecule has 4 nitrogen and oxygen atoms in total. The van der Waals surface area contributed by atoms with E-state index in [4.69, 9.17) is 14.2 Å². The molecule has 2 unspecified atom stereocenters. The minimum atomic E-state index is -0.479. The fraction of sp³-hybridized carbons (Fsp3) is 0.885. The molecule has 2 rings (SSSR count). The van der Waals surface area contributed by atoms with Gasteiger partial charge in [0.05, 0.1) is 7.11 Å². The maximum atomic E-state index is 12.1. The zero-order chi connectivity index (χ0) is 21.4. The Morgan fingerprint density at radius 1 is 1.03 bits per heavy atom. The molecule has 0 bridgehead atoms. The van der Waals surface area contributed by atoms with Gasteiger partial charge in [0.15, 0.2) is 12.4 Å². The summed E-state index contributed by atoms with van der Waals surface area (Å²) in [6.45, 7) is 3.00. The number of unbranched alkanes of at least 4 members (excludes halogenated alkanes) is 6. The van der Waals surface area contributed by atoms with E-state index < -0.39 is 6.10 Å². The van der Waals surface area contributed by atoms with Crippen molar-refractivity contribution >= 4 is 5.97 Å². The molecule has 1 heterocycles. The smallest absolute Gasteiger partial charge is 0.335 e. The topological polar surface area (TPSA) is 44.8 Å². The summed E-state index contributed by atoms with van der Waals surface area (Å²) < 4.78 is 16.5. The number of carbonyl (C=O) groups excluding carboxylic acids is 1. The van der Waals surface area contributed by atoms with Crippen LogP contribution in [0.5, 0.6) is 0 Å². The Kier molecular flexibility index (Phi) is 13.4. The van der Waals surface area contributed by atoms with Gasteiger partial charge in [-0.25, -0.2) is 4.79 Å². The van der Waals surface area contributed by atoms with Gasteiger partial charge in [-0.05, 0) is 69.6 Å². The van der Waals surface area contributed by atoms with Gasteiger partial charge < -0.3 is 14.2 Å². The first-order valence-corrected chi connectivity index (χ1v) is 12.8. The van der Waals surface area contributed by atoms with Gasteiger partial charge in [-0.1, -0.05) is 64.0 Å². The van der Waals surface area contributed by atoms with E-state index in [9.17, 15) is 4.79 Å². The summed E-state index contributed by atoms with van der Waals surface area (Å²) in [5, 5.41) is 0. The van der Waals surface area contributed by atoms with Crippen LogP contribution in [0.25, 0.3) is 0 Å². The maximum absolute atomic E-state index is 12.1. The van der Waals surface area contributed by atoms with Crippen LogP contribution in [0.4, 0.5) is 0 Å². The molecule has 1 saturated heterocycles. The van der Waals surface area contributed by atoms with Gasteiger partial charge in [-0.15, -0.1) is 0 Å². The normalized spacial score (nSPS) is 25.6. The summed E-state index contributed by atoms with van der Waals surface area (Å²) >= 11 is 0. The first-order chi connectivity index (χ1) is 14.7. The fourth-order valence-electron chi connectivity index (χ4n) is 4.92. The Balaban J connectivity index is 1.61. The quantitative estimate of drug-likeness (QED) is 0.162. The molecule has 30 heavy (non-hydrogen) atoms. The number of rotatable bonds is 15. The first kappa shape index (κ1) is 25.4. The highest BCUT2D eigenvalue weighted by molar-refractivity contribution is 5.74. The summed E-state index contributed by atoms with van der Waals surface area (Å²) in [7, 11) is 1.44. The molecule has 0 radical (unpaired) electrons. The van der Waals surface area contributed by atoms with E-state index in [-0.39, 0.29) is 12.3 Å². The van der Waals surface area contributed by atoms with Gasteiger partial charge in [-0.2, -0.15) is 0 Å². The monoisotopic (exact) mass is 422 g/mol. The average molecular weight is 423 g/mol. The minimum Gasteiger partial charge on any atom is -0.467 e. The van der Waals surface area contributed by atoms with Gasteiger partial charge in [0.25, 0.3) is 0 Å². The third kappa shape index (κ3) is 9.96. The SMILES string of the molecule is CCCCCCC=C[C@H]1CCC[C@@H]1CCCCCC(OC1CCCCO1)C(=O)OC. The van der Waals surface area contributed by atoms with E-state index in [1.165, 1.54) is 71.3 Å². The number of esters is 1. The molecule has 1 saturated carbocycles. The number of hydrogen-bond acceptors (Lipinski definition) is 4. The highest BCUT2D eigenvalue weighted by Gasteiger charge is 2.26. The summed E-state index contributed by atoms with van der Waals surface area (Å²) in [5.74, 6) is 1.40. The van der Waals surface area contributed by atoms with Crippen LogP contribution < -0.4 is 0 Å². The van der Waals surface area contributed by atoms with Crippen LogP contribution in [-0.4, -0.2) is 32.1 Å². The van der Waals surface area contributed by atoms with Crippen LogP contribution in [0.15, 0.2) is 12.2 Å². The van der Waals surface area contributed by atoms with E-state index in [0.29, 0.717) is 0 Å². The van der Waals surface area contributed by atoms with Crippen molar-refractivity contribution in [1.82, 2.24) is 0 Å². The van der Waals surface area contributed by atoms with Crippen molar-refractivity contribution < 1.29 is 19.0 Å². The van der Waals surface area contributed by atoms with E-state index in [0.717, 1.165) is 57.0 Å². The highest BCUT2D eigenvalue weighted by atomic mass is 16.7. The Labute approximate surface area is 185 Å². The lowest BCUT2D eigenvalue weighted by molar-refractivity contribution is -0.203. The Hall–Kier alpha value is -0.870. The van der Waals surface area contributed by atoms with Crippen LogP contribution in [0, 0.1) is 11.8 Å². The molecule has 174 valence electrons. The van der Waals surface area contributed by atoms with Crippen molar-refractivity contribution in [1.29, 1.82) is 0 Å². The number of ether oxygens (including phenoxy) is 3. The van der Waals surface area contributed by atoms with Crippen LogP contribution >= 0.6 is 0 Å². The zero-order valence-electron chi connectivity index (χ0n) is 19.6. The van der Waals surface area contributed by atoms with Gasteiger partial charge in [0.2, 0.25) is 0 Å². The summed E-state index contributed by atoms with van der Waals surface area (Å²) in [5.41, 5.74) is 0. The molecule has 0 aromatic carbocycles. The molecular weight excluding hydrogens is 376 g/mol. The van der Waals surface area contributed by atoms with Gasteiger partial charge in [0.1, 0.15) is 0 Å². The second-order valence-electron chi connectivity index (χ2n) is 9.21. The van der Waals surface area contributed by atoms with E-state index >= 15 is 0 Å². The molecule has 2 fully saturated rings. The highest BCUT2D eigenvalue weighted by Crippen LogP contribution is 2.36. The molecule has 4 heteroatoms.